The van der Waals surface area contributed by atoms with E-state index in [1.165, 1.54) is 5.69 Å². The average Bonchev–Trinajstić information content (AvgIpc) is 3.02. The van der Waals surface area contributed by atoms with Gasteiger partial charge in [0.15, 0.2) is 0 Å². The molecule has 0 fully saturated rings. The number of para-hydroxylation sites is 1. The third kappa shape index (κ3) is 3.76. The quantitative estimate of drug-likeness (QED) is 0.814. The van der Waals surface area contributed by atoms with E-state index >= 15 is 0 Å². The summed E-state index contributed by atoms with van der Waals surface area (Å²) in [4.78, 5) is 11.3. The van der Waals surface area contributed by atoms with Crippen molar-refractivity contribution in [3.8, 4) is 0 Å². The van der Waals surface area contributed by atoms with Crippen LogP contribution in [0.5, 0.6) is 0 Å². The molecule has 0 aliphatic carbocycles. The third-order valence-corrected chi connectivity index (χ3v) is 4.64. The fraction of sp³-hybridized carbons (Fsp3) is 0.412. The molecule has 1 aromatic carbocycles. The summed E-state index contributed by atoms with van der Waals surface area (Å²) in [6, 6.07) is 10.3. The van der Waals surface area contributed by atoms with Gasteiger partial charge in [-0.3, -0.25) is 0 Å². The van der Waals surface area contributed by atoms with Crippen molar-refractivity contribution in [2.75, 3.05) is 35.4 Å². The van der Waals surface area contributed by atoms with Crippen LogP contribution in [0, 0.1) is 0 Å². The highest BCUT2D eigenvalue weighted by Gasteiger charge is 2.23. The van der Waals surface area contributed by atoms with Gasteiger partial charge in [0.05, 0.1) is 30.2 Å². The molecule has 23 heavy (non-hydrogen) atoms. The highest BCUT2D eigenvalue weighted by molar-refractivity contribution is 7.98. The first-order chi connectivity index (χ1) is 11.3. The molecule has 0 amide bonds. The second-order valence-electron chi connectivity index (χ2n) is 5.57. The lowest BCUT2D eigenvalue weighted by molar-refractivity contribution is 0.272. The summed E-state index contributed by atoms with van der Waals surface area (Å²) < 4.78 is 0. The van der Waals surface area contributed by atoms with Gasteiger partial charge in [-0.25, -0.2) is 9.97 Å². The van der Waals surface area contributed by atoms with E-state index in [2.05, 4.69) is 38.6 Å². The third-order valence-electron chi connectivity index (χ3n) is 4.00. The summed E-state index contributed by atoms with van der Waals surface area (Å²) in [6.07, 6.45) is 5.76. The van der Waals surface area contributed by atoms with Gasteiger partial charge in [-0.1, -0.05) is 18.2 Å². The zero-order valence-electron chi connectivity index (χ0n) is 13.3. The molecule has 122 valence electrons. The molecule has 0 unspecified atom stereocenters. The standard InChI is InChI=1S/C17H22N4OS/c1-23-10-8-13(12-22)19-17-18-11-16-15(20-17)7-9-21(16)14-5-3-2-4-6-14/h2-6,11,13,22H,7-10,12H2,1H3,(H,18,19,20)/t13-/m0/s1. The van der Waals surface area contributed by atoms with Crippen LogP contribution in [0.1, 0.15) is 12.1 Å². The summed E-state index contributed by atoms with van der Waals surface area (Å²) in [5.74, 6) is 1.61. The number of rotatable bonds is 7. The Bertz CT molecular complexity index is 638. The van der Waals surface area contributed by atoms with Gasteiger partial charge in [-0.15, -0.1) is 0 Å². The minimum atomic E-state index is 0.00660. The molecule has 2 N–H and O–H groups in total. The molecule has 5 nitrogen and oxygen atoms in total. The van der Waals surface area contributed by atoms with Crippen LogP contribution < -0.4 is 10.2 Å². The summed E-state index contributed by atoms with van der Waals surface area (Å²) in [5.41, 5.74) is 3.31. The van der Waals surface area contributed by atoms with E-state index in [1.54, 1.807) is 11.8 Å². The maximum atomic E-state index is 9.46. The second kappa shape index (κ2) is 7.66. The van der Waals surface area contributed by atoms with Crippen LogP contribution in [-0.2, 0) is 6.42 Å². The molecule has 3 rings (SSSR count). The van der Waals surface area contributed by atoms with Gasteiger partial charge in [-0.05, 0) is 30.6 Å². The lowest BCUT2D eigenvalue weighted by Crippen LogP contribution is -2.25. The van der Waals surface area contributed by atoms with E-state index in [1.807, 2.05) is 24.4 Å². The lowest BCUT2D eigenvalue weighted by atomic mass is 10.2. The predicted octanol–water partition coefficient (Wildman–Crippen LogP) is 2.70. The van der Waals surface area contributed by atoms with Crippen LogP contribution in [0.4, 0.5) is 17.3 Å². The molecular weight excluding hydrogens is 308 g/mol. The number of aromatic nitrogens is 2. The van der Waals surface area contributed by atoms with Crippen LogP contribution in [0.25, 0.3) is 0 Å². The SMILES string of the molecule is CSCC[C@@H](CO)Nc1ncc2c(n1)CCN2c1ccccc1. The van der Waals surface area contributed by atoms with E-state index in [0.717, 1.165) is 36.5 Å². The minimum absolute atomic E-state index is 0.00660. The maximum Gasteiger partial charge on any atom is 0.223 e. The fourth-order valence-electron chi connectivity index (χ4n) is 2.76. The zero-order valence-corrected chi connectivity index (χ0v) is 14.1. The van der Waals surface area contributed by atoms with Gasteiger partial charge in [0, 0.05) is 18.7 Å². The number of aliphatic hydroxyl groups is 1. The van der Waals surface area contributed by atoms with E-state index in [9.17, 15) is 5.11 Å². The largest absolute Gasteiger partial charge is 0.394 e. The minimum Gasteiger partial charge on any atom is -0.394 e. The highest BCUT2D eigenvalue weighted by Crippen LogP contribution is 2.33. The molecule has 0 radical (unpaired) electrons. The number of thioether (sulfide) groups is 1. The Morgan fingerprint density at radius 1 is 1.35 bits per heavy atom. The van der Waals surface area contributed by atoms with Crippen LogP contribution in [0.3, 0.4) is 0 Å². The summed E-state index contributed by atoms with van der Waals surface area (Å²) in [6.45, 7) is 1.02. The Morgan fingerprint density at radius 3 is 2.91 bits per heavy atom. The van der Waals surface area contributed by atoms with Crippen molar-refractivity contribution in [3.63, 3.8) is 0 Å². The van der Waals surface area contributed by atoms with Crippen molar-refractivity contribution >= 4 is 29.1 Å². The van der Waals surface area contributed by atoms with Crippen molar-refractivity contribution in [3.05, 3.63) is 42.2 Å². The van der Waals surface area contributed by atoms with Crippen molar-refractivity contribution in [2.24, 2.45) is 0 Å². The number of hydrogen-bond acceptors (Lipinski definition) is 6. The number of aliphatic hydroxyl groups excluding tert-OH is 1. The lowest BCUT2D eigenvalue weighted by Gasteiger charge is -2.19. The molecule has 2 aromatic rings. The number of nitrogens with zero attached hydrogens (tertiary/aromatic N) is 3. The van der Waals surface area contributed by atoms with Crippen molar-refractivity contribution in [2.45, 2.75) is 18.9 Å². The highest BCUT2D eigenvalue weighted by atomic mass is 32.2. The van der Waals surface area contributed by atoms with E-state index in [-0.39, 0.29) is 12.6 Å². The van der Waals surface area contributed by atoms with Crippen LogP contribution in [0.2, 0.25) is 0 Å². The Balaban J connectivity index is 1.74. The second-order valence-corrected chi connectivity index (χ2v) is 6.55. The first-order valence-electron chi connectivity index (χ1n) is 7.86. The van der Waals surface area contributed by atoms with E-state index < -0.39 is 0 Å². The first kappa shape index (κ1) is 16.1. The van der Waals surface area contributed by atoms with E-state index in [4.69, 9.17) is 0 Å². The maximum absolute atomic E-state index is 9.46. The topological polar surface area (TPSA) is 61.3 Å². The van der Waals surface area contributed by atoms with Crippen molar-refractivity contribution in [1.29, 1.82) is 0 Å². The van der Waals surface area contributed by atoms with Crippen LogP contribution >= 0.6 is 11.8 Å². The summed E-state index contributed by atoms with van der Waals surface area (Å²) >= 11 is 1.78. The number of benzene rings is 1. The van der Waals surface area contributed by atoms with Gasteiger partial charge in [0.2, 0.25) is 5.95 Å². The Hall–Kier alpha value is -1.79. The monoisotopic (exact) mass is 330 g/mol. The zero-order chi connectivity index (χ0) is 16.1. The number of nitrogens with one attached hydrogen (secondary N) is 1. The Labute approximate surface area is 141 Å². The van der Waals surface area contributed by atoms with Gasteiger partial charge in [-0.2, -0.15) is 11.8 Å². The van der Waals surface area contributed by atoms with Gasteiger partial charge in [0.25, 0.3) is 0 Å². The molecule has 6 heteroatoms. The van der Waals surface area contributed by atoms with E-state index in [0.29, 0.717) is 5.95 Å². The normalized spacial score (nSPS) is 14.6. The Kier molecular flexibility index (Phi) is 5.35. The smallest absolute Gasteiger partial charge is 0.223 e. The average molecular weight is 330 g/mol. The number of hydrogen-bond donors (Lipinski definition) is 2. The number of fused-ring (bicyclic) bond motifs is 1. The predicted molar refractivity (Wildman–Crippen MR) is 96.7 cm³/mol. The first-order valence-corrected chi connectivity index (χ1v) is 9.26. The van der Waals surface area contributed by atoms with Crippen LogP contribution in [-0.4, -0.2) is 46.3 Å². The van der Waals surface area contributed by atoms with Gasteiger partial charge < -0.3 is 15.3 Å². The van der Waals surface area contributed by atoms with Crippen LogP contribution in [0.15, 0.2) is 36.5 Å². The summed E-state index contributed by atoms with van der Waals surface area (Å²) in [7, 11) is 0. The molecule has 0 saturated carbocycles. The van der Waals surface area contributed by atoms with Crippen molar-refractivity contribution in [1.82, 2.24) is 9.97 Å². The number of anilines is 3. The molecular formula is C17H22N4OS. The Morgan fingerprint density at radius 2 is 2.17 bits per heavy atom. The fourth-order valence-corrected chi connectivity index (χ4v) is 3.28. The summed E-state index contributed by atoms with van der Waals surface area (Å²) in [5, 5.41) is 12.7. The molecule has 0 saturated heterocycles. The molecule has 1 aliphatic rings. The molecule has 0 bridgehead atoms. The molecule has 2 heterocycles. The van der Waals surface area contributed by atoms with Gasteiger partial charge in [0.1, 0.15) is 0 Å². The molecule has 0 spiro atoms. The van der Waals surface area contributed by atoms with Gasteiger partial charge >= 0.3 is 0 Å². The van der Waals surface area contributed by atoms with Crippen molar-refractivity contribution < 1.29 is 5.11 Å². The molecule has 1 atom stereocenters. The molecule has 1 aliphatic heterocycles. The molecule has 1 aromatic heterocycles.